The van der Waals surface area contributed by atoms with E-state index < -0.39 is 10.8 Å². The molecule has 8 nitrogen and oxygen atoms in total. The molecule has 136 valence electrons. The minimum Gasteiger partial charge on any atom is -0.493 e. The SMILES string of the molecule is COc1cc(C(=O)N(C)CC(C)(C)CN)c([N+](=O)[O-])cc1OC.Cl. The largest absolute Gasteiger partial charge is 0.493 e. The van der Waals surface area contributed by atoms with Crippen molar-refractivity contribution in [1.82, 2.24) is 4.90 Å². The molecule has 0 fully saturated rings. The average molecular weight is 362 g/mol. The summed E-state index contributed by atoms with van der Waals surface area (Å²) in [5.74, 6) is -0.0206. The van der Waals surface area contributed by atoms with Crippen LogP contribution < -0.4 is 15.2 Å². The molecule has 2 N–H and O–H groups in total. The molecule has 0 aliphatic carbocycles. The van der Waals surface area contributed by atoms with Crippen LogP contribution in [0.1, 0.15) is 24.2 Å². The lowest BCUT2D eigenvalue weighted by Gasteiger charge is -2.29. The number of carbonyl (C=O) groups is 1. The summed E-state index contributed by atoms with van der Waals surface area (Å²) in [6.45, 7) is 4.59. The third-order valence-electron chi connectivity index (χ3n) is 3.49. The predicted octanol–water partition coefficient (Wildman–Crippen LogP) is 2.09. The summed E-state index contributed by atoms with van der Waals surface area (Å²) in [6, 6.07) is 2.51. The monoisotopic (exact) mass is 361 g/mol. The first-order valence-electron chi connectivity index (χ1n) is 7.02. The van der Waals surface area contributed by atoms with E-state index in [-0.39, 0.29) is 40.6 Å². The van der Waals surface area contributed by atoms with Gasteiger partial charge in [-0.3, -0.25) is 14.9 Å². The number of nitrogens with two attached hydrogens (primary N) is 1. The van der Waals surface area contributed by atoms with Gasteiger partial charge in [-0.25, -0.2) is 0 Å². The van der Waals surface area contributed by atoms with Crippen LogP contribution in [0.4, 0.5) is 5.69 Å². The zero-order valence-corrected chi connectivity index (χ0v) is 15.3. The van der Waals surface area contributed by atoms with Crippen LogP contribution >= 0.6 is 12.4 Å². The molecular formula is C15H24ClN3O5. The Labute approximate surface area is 147 Å². The van der Waals surface area contributed by atoms with E-state index in [1.54, 1.807) is 7.05 Å². The van der Waals surface area contributed by atoms with Crippen molar-refractivity contribution in [3.63, 3.8) is 0 Å². The van der Waals surface area contributed by atoms with Crippen molar-refractivity contribution in [3.8, 4) is 11.5 Å². The number of rotatable bonds is 7. The van der Waals surface area contributed by atoms with Gasteiger partial charge in [0.1, 0.15) is 5.56 Å². The van der Waals surface area contributed by atoms with Crippen LogP contribution in [-0.2, 0) is 0 Å². The second-order valence-corrected chi connectivity index (χ2v) is 6.01. The topological polar surface area (TPSA) is 108 Å². The summed E-state index contributed by atoms with van der Waals surface area (Å²) < 4.78 is 10.2. The smallest absolute Gasteiger partial charge is 0.286 e. The molecule has 9 heteroatoms. The number of hydrogen-bond acceptors (Lipinski definition) is 6. The molecule has 1 rings (SSSR count). The van der Waals surface area contributed by atoms with Gasteiger partial charge in [0, 0.05) is 19.7 Å². The number of hydrogen-bond donors (Lipinski definition) is 1. The molecule has 0 saturated carbocycles. The lowest BCUT2D eigenvalue weighted by molar-refractivity contribution is -0.385. The van der Waals surface area contributed by atoms with Crippen molar-refractivity contribution >= 4 is 24.0 Å². The van der Waals surface area contributed by atoms with Gasteiger partial charge in [-0.05, 0) is 12.0 Å². The Morgan fingerprint density at radius 1 is 1.29 bits per heavy atom. The van der Waals surface area contributed by atoms with Crippen LogP contribution in [0.15, 0.2) is 12.1 Å². The second kappa shape index (κ2) is 8.70. The third kappa shape index (κ3) is 4.97. The predicted molar refractivity (Wildman–Crippen MR) is 93.2 cm³/mol. The zero-order valence-electron chi connectivity index (χ0n) is 14.5. The number of nitro groups is 1. The number of ether oxygens (including phenoxy) is 2. The van der Waals surface area contributed by atoms with Gasteiger partial charge >= 0.3 is 0 Å². The van der Waals surface area contributed by atoms with E-state index in [1.165, 1.54) is 31.3 Å². The van der Waals surface area contributed by atoms with Crippen LogP contribution in [0.25, 0.3) is 0 Å². The van der Waals surface area contributed by atoms with Crippen molar-refractivity contribution in [2.24, 2.45) is 11.1 Å². The summed E-state index contributed by atoms with van der Waals surface area (Å²) in [7, 11) is 4.36. The van der Waals surface area contributed by atoms with Gasteiger partial charge in [-0.2, -0.15) is 0 Å². The lowest BCUT2D eigenvalue weighted by Crippen LogP contribution is -2.39. The number of nitrogens with zero attached hydrogens (tertiary/aromatic N) is 2. The van der Waals surface area contributed by atoms with Crippen LogP contribution in [-0.4, -0.2) is 50.1 Å². The highest BCUT2D eigenvalue weighted by Gasteiger charge is 2.29. The summed E-state index contributed by atoms with van der Waals surface area (Å²) in [5, 5.41) is 11.3. The van der Waals surface area contributed by atoms with Gasteiger partial charge in [-0.15, -0.1) is 12.4 Å². The maximum absolute atomic E-state index is 12.6. The van der Waals surface area contributed by atoms with Gasteiger partial charge in [0.15, 0.2) is 11.5 Å². The van der Waals surface area contributed by atoms with Gasteiger partial charge in [0.05, 0.1) is 25.2 Å². The Bertz CT molecular complexity index is 607. The van der Waals surface area contributed by atoms with Crippen molar-refractivity contribution in [2.45, 2.75) is 13.8 Å². The Kier molecular flexibility index (Phi) is 7.95. The van der Waals surface area contributed by atoms with E-state index in [1.807, 2.05) is 13.8 Å². The molecule has 1 aromatic rings. The average Bonchev–Trinajstić information content (AvgIpc) is 2.52. The summed E-state index contributed by atoms with van der Waals surface area (Å²) in [6.07, 6.45) is 0. The first kappa shape index (κ1) is 21.9. The Morgan fingerprint density at radius 2 is 1.79 bits per heavy atom. The molecule has 0 radical (unpaired) electrons. The number of halogens is 1. The van der Waals surface area contributed by atoms with Gasteiger partial charge in [0.25, 0.3) is 11.6 Å². The van der Waals surface area contributed by atoms with E-state index in [0.29, 0.717) is 13.1 Å². The van der Waals surface area contributed by atoms with Crippen LogP contribution in [0.2, 0.25) is 0 Å². The number of amides is 1. The van der Waals surface area contributed by atoms with E-state index in [0.717, 1.165) is 0 Å². The quantitative estimate of drug-likeness (QED) is 0.588. The number of benzene rings is 1. The highest BCUT2D eigenvalue weighted by atomic mass is 35.5. The zero-order chi connectivity index (χ0) is 17.8. The minimum atomic E-state index is -0.614. The summed E-state index contributed by atoms with van der Waals surface area (Å²) >= 11 is 0. The van der Waals surface area contributed by atoms with Crippen LogP contribution in [0.5, 0.6) is 11.5 Å². The maximum atomic E-state index is 12.6. The fourth-order valence-electron chi connectivity index (χ4n) is 2.17. The standard InChI is InChI=1S/C15H23N3O5.ClH/c1-15(2,8-16)9-17(3)14(19)10-6-12(22-4)13(23-5)7-11(10)18(20)21;/h6-7H,8-9,16H2,1-5H3;1H. The van der Waals surface area contributed by atoms with E-state index in [2.05, 4.69) is 0 Å². The third-order valence-corrected chi connectivity index (χ3v) is 3.49. The van der Waals surface area contributed by atoms with Crippen molar-refractivity contribution in [2.75, 3.05) is 34.4 Å². The van der Waals surface area contributed by atoms with E-state index in [4.69, 9.17) is 15.2 Å². The van der Waals surface area contributed by atoms with Crippen LogP contribution in [0, 0.1) is 15.5 Å². The first-order chi connectivity index (χ1) is 10.7. The van der Waals surface area contributed by atoms with Gasteiger partial charge in [-0.1, -0.05) is 13.8 Å². The highest BCUT2D eigenvalue weighted by molar-refractivity contribution is 5.99. The molecule has 1 aromatic carbocycles. The maximum Gasteiger partial charge on any atom is 0.286 e. The van der Waals surface area contributed by atoms with Crippen molar-refractivity contribution in [3.05, 3.63) is 27.8 Å². The molecule has 0 saturated heterocycles. The molecule has 0 spiro atoms. The van der Waals surface area contributed by atoms with E-state index in [9.17, 15) is 14.9 Å². The summed E-state index contributed by atoms with van der Waals surface area (Å²) in [4.78, 5) is 24.7. The number of carbonyl (C=O) groups excluding carboxylic acids is 1. The Hall–Kier alpha value is -2.06. The molecule has 0 unspecified atom stereocenters. The molecule has 0 atom stereocenters. The molecule has 24 heavy (non-hydrogen) atoms. The molecule has 1 amide bonds. The molecule has 0 aliphatic rings. The van der Waals surface area contributed by atoms with E-state index >= 15 is 0 Å². The fourth-order valence-corrected chi connectivity index (χ4v) is 2.17. The molecule has 0 aromatic heterocycles. The molecule has 0 heterocycles. The normalized spacial score (nSPS) is 10.6. The second-order valence-electron chi connectivity index (χ2n) is 6.01. The van der Waals surface area contributed by atoms with Crippen molar-refractivity contribution in [1.29, 1.82) is 0 Å². The first-order valence-corrected chi connectivity index (χ1v) is 7.02. The number of nitro benzene ring substituents is 1. The Morgan fingerprint density at radius 3 is 2.21 bits per heavy atom. The highest BCUT2D eigenvalue weighted by Crippen LogP contribution is 2.35. The fraction of sp³-hybridized carbons (Fsp3) is 0.533. The Balaban J connectivity index is 0.00000529. The van der Waals surface area contributed by atoms with Gasteiger partial charge in [0.2, 0.25) is 0 Å². The lowest BCUT2D eigenvalue weighted by atomic mass is 9.93. The minimum absolute atomic E-state index is 0. The molecule has 0 aliphatic heterocycles. The van der Waals surface area contributed by atoms with Crippen LogP contribution in [0.3, 0.4) is 0 Å². The molecule has 0 bridgehead atoms. The van der Waals surface area contributed by atoms with Gasteiger partial charge < -0.3 is 20.1 Å². The summed E-state index contributed by atoms with van der Waals surface area (Å²) in [5.41, 5.74) is 5.00. The molecular weight excluding hydrogens is 338 g/mol. The van der Waals surface area contributed by atoms with Crippen molar-refractivity contribution < 1.29 is 19.2 Å². The number of methoxy groups -OCH3 is 2.